The smallest absolute Gasteiger partial charge is 0.260 e. The quantitative estimate of drug-likeness (QED) is 0.570. The van der Waals surface area contributed by atoms with Crippen LogP contribution in [0, 0.1) is 0 Å². The zero-order valence-corrected chi connectivity index (χ0v) is 9.41. The maximum Gasteiger partial charge on any atom is 0.260 e. The predicted octanol–water partition coefficient (Wildman–Crippen LogP) is 3.59. The van der Waals surface area contributed by atoms with Crippen molar-refractivity contribution in [1.82, 2.24) is 5.32 Å². The SMILES string of the molecule is CCCCCCCNCC(F)(F)CC. The zero-order valence-electron chi connectivity index (χ0n) is 9.41. The predicted molar refractivity (Wildman–Crippen MR) is 56.9 cm³/mol. The molecule has 0 rings (SSSR count). The molecule has 0 unspecified atom stereocenters. The molecule has 0 aliphatic carbocycles. The zero-order chi connectivity index (χ0) is 10.9. The molecule has 0 saturated heterocycles. The minimum atomic E-state index is -2.52. The van der Waals surface area contributed by atoms with Crippen LogP contribution in [0.5, 0.6) is 0 Å². The number of rotatable bonds is 9. The Hall–Kier alpha value is -0.180. The monoisotopic (exact) mass is 207 g/mol. The van der Waals surface area contributed by atoms with Crippen LogP contribution in [-0.4, -0.2) is 19.0 Å². The molecule has 0 spiro atoms. The van der Waals surface area contributed by atoms with E-state index in [9.17, 15) is 8.78 Å². The van der Waals surface area contributed by atoms with E-state index in [-0.39, 0.29) is 13.0 Å². The normalized spacial score (nSPS) is 12.0. The standard InChI is InChI=1S/C11H23F2N/c1-3-5-6-7-8-9-14-10-11(12,13)4-2/h14H,3-10H2,1-2H3. The first-order chi connectivity index (χ1) is 6.62. The van der Waals surface area contributed by atoms with Crippen LogP contribution in [0.25, 0.3) is 0 Å². The summed E-state index contributed by atoms with van der Waals surface area (Å²) in [5.41, 5.74) is 0. The average molecular weight is 207 g/mol. The Balaban J connectivity index is 3.13. The topological polar surface area (TPSA) is 12.0 Å². The second kappa shape index (κ2) is 8.16. The maximum absolute atomic E-state index is 12.7. The van der Waals surface area contributed by atoms with Gasteiger partial charge in [-0.05, 0) is 13.0 Å². The van der Waals surface area contributed by atoms with Crippen molar-refractivity contribution in [3.8, 4) is 0 Å². The summed E-state index contributed by atoms with van der Waals surface area (Å²) >= 11 is 0. The number of halogens is 2. The Morgan fingerprint density at radius 3 is 2.21 bits per heavy atom. The molecule has 0 fully saturated rings. The molecule has 0 aromatic heterocycles. The van der Waals surface area contributed by atoms with E-state index in [0.29, 0.717) is 0 Å². The molecule has 0 heterocycles. The van der Waals surface area contributed by atoms with Gasteiger partial charge in [0.15, 0.2) is 0 Å². The molecule has 0 amide bonds. The molecule has 1 nitrogen and oxygen atoms in total. The van der Waals surface area contributed by atoms with Crippen LogP contribution in [0.1, 0.15) is 52.4 Å². The van der Waals surface area contributed by atoms with Gasteiger partial charge in [0.05, 0.1) is 6.54 Å². The summed E-state index contributed by atoms with van der Waals surface area (Å²) in [5, 5.41) is 2.80. The highest BCUT2D eigenvalue weighted by molar-refractivity contribution is 4.66. The summed E-state index contributed by atoms with van der Waals surface area (Å²) in [6, 6.07) is 0. The average Bonchev–Trinajstić information content (AvgIpc) is 2.16. The summed E-state index contributed by atoms with van der Waals surface area (Å²) in [5.74, 6) is -2.52. The first-order valence-electron chi connectivity index (χ1n) is 5.71. The van der Waals surface area contributed by atoms with Gasteiger partial charge in [-0.3, -0.25) is 0 Å². The third-order valence-electron chi connectivity index (χ3n) is 2.36. The molecule has 0 aliphatic rings. The largest absolute Gasteiger partial charge is 0.311 e. The summed E-state index contributed by atoms with van der Waals surface area (Å²) in [6.07, 6.45) is 5.79. The number of unbranched alkanes of at least 4 members (excludes halogenated alkanes) is 4. The lowest BCUT2D eigenvalue weighted by atomic mass is 10.1. The van der Waals surface area contributed by atoms with Gasteiger partial charge in [-0.25, -0.2) is 8.78 Å². The van der Waals surface area contributed by atoms with E-state index in [1.54, 1.807) is 0 Å². The molecule has 3 heteroatoms. The summed E-state index contributed by atoms with van der Waals surface area (Å²) in [6.45, 7) is 4.24. The van der Waals surface area contributed by atoms with Crippen LogP contribution in [0.3, 0.4) is 0 Å². The molecule has 0 aromatic carbocycles. The van der Waals surface area contributed by atoms with Crippen molar-refractivity contribution in [2.24, 2.45) is 0 Å². The third kappa shape index (κ3) is 8.42. The molecule has 0 bridgehead atoms. The highest BCUT2D eigenvalue weighted by atomic mass is 19.3. The van der Waals surface area contributed by atoms with Crippen LogP contribution in [-0.2, 0) is 0 Å². The van der Waals surface area contributed by atoms with Gasteiger partial charge in [0, 0.05) is 6.42 Å². The lowest BCUT2D eigenvalue weighted by Gasteiger charge is -2.14. The Bertz CT molecular complexity index is 126. The van der Waals surface area contributed by atoms with E-state index in [4.69, 9.17) is 0 Å². The highest BCUT2D eigenvalue weighted by Gasteiger charge is 2.24. The summed E-state index contributed by atoms with van der Waals surface area (Å²) in [7, 11) is 0. The number of nitrogens with one attached hydrogen (secondary N) is 1. The second-order valence-electron chi connectivity index (χ2n) is 3.80. The fraction of sp³-hybridized carbons (Fsp3) is 1.00. The van der Waals surface area contributed by atoms with E-state index in [1.807, 2.05) is 0 Å². The minimum Gasteiger partial charge on any atom is -0.311 e. The summed E-state index contributed by atoms with van der Waals surface area (Å²) < 4.78 is 25.4. The van der Waals surface area contributed by atoms with Gasteiger partial charge in [0.2, 0.25) is 0 Å². The van der Waals surface area contributed by atoms with Gasteiger partial charge in [-0.15, -0.1) is 0 Å². The van der Waals surface area contributed by atoms with Gasteiger partial charge in [-0.1, -0.05) is 39.5 Å². The fourth-order valence-corrected chi connectivity index (χ4v) is 1.25. The molecule has 1 N–H and O–H groups in total. The van der Waals surface area contributed by atoms with Crippen LogP contribution in [0.15, 0.2) is 0 Å². The van der Waals surface area contributed by atoms with Crippen molar-refractivity contribution >= 4 is 0 Å². The molecule has 0 atom stereocenters. The fourth-order valence-electron chi connectivity index (χ4n) is 1.25. The molecule has 0 aliphatic heterocycles. The highest BCUT2D eigenvalue weighted by Crippen LogP contribution is 2.15. The van der Waals surface area contributed by atoms with E-state index < -0.39 is 5.92 Å². The molecular weight excluding hydrogens is 184 g/mol. The third-order valence-corrected chi connectivity index (χ3v) is 2.36. The van der Waals surface area contributed by atoms with Gasteiger partial charge in [-0.2, -0.15) is 0 Å². The number of hydrogen-bond acceptors (Lipinski definition) is 1. The van der Waals surface area contributed by atoms with E-state index in [2.05, 4.69) is 12.2 Å². The van der Waals surface area contributed by atoms with Crippen molar-refractivity contribution in [1.29, 1.82) is 0 Å². The Morgan fingerprint density at radius 2 is 1.64 bits per heavy atom. The molecule has 86 valence electrons. The van der Waals surface area contributed by atoms with E-state index >= 15 is 0 Å². The number of hydrogen-bond donors (Lipinski definition) is 1. The van der Waals surface area contributed by atoms with Crippen molar-refractivity contribution in [2.45, 2.75) is 58.3 Å². The Morgan fingerprint density at radius 1 is 1.00 bits per heavy atom. The Labute approximate surface area is 86.3 Å². The lowest BCUT2D eigenvalue weighted by molar-refractivity contribution is -0.00146. The van der Waals surface area contributed by atoms with Crippen LogP contribution >= 0.6 is 0 Å². The van der Waals surface area contributed by atoms with Gasteiger partial charge >= 0.3 is 0 Å². The maximum atomic E-state index is 12.7. The van der Waals surface area contributed by atoms with E-state index in [0.717, 1.165) is 19.4 Å². The first-order valence-corrected chi connectivity index (χ1v) is 5.71. The van der Waals surface area contributed by atoms with Crippen molar-refractivity contribution in [3.05, 3.63) is 0 Å². The molecule has 0 radical (unpaired) electrons. The van der Waals surface area contributed by atoms with E-state index in [1.165, 1.54) is 26.2 Å². The van der Waals surface area contributed by atoms with Crippen LogP contribution in [0.2, 0.25) is 0 Å². The lowest BCUT2D eigenvalue weighted by Crippen LogP contribution is -2.32. The van der Waals surface area contributed by atoms with Crippen molar-refractivity contribution < 1.29 is 8.78 Å². The van der Waals surface area contributed by atoms with Crippen molar-refractivity contribution in [2.75, 3.05) is 13.1 Å². The molecule has 14 heavy (non-hydrogen) atoms. The first kappa shape index (κ1) is 13.8. The van der Waals surface area contributed by atoms with Gasteiger partial charge in [0.25, 0.3) is 5.92 Å². The van der Waals surface area contributed by atoms with Crippen molar-refractivity contribution in [3.63, 3.8) is 0 Å². The molecule has 0 aromatic rings. The van der Waals surface area contributed by atoms with Gasteiger partial charge in [0.1, 0.15) is 0 Å². The molecule has 0 saturated carbocycles. The van der Waals surface area contributed by atoms with Crippen LogP contribution in [0.4, 0.5) is 8.78 Å². The van der Waals surface area contributed by atoms with Crippen LogP contribution < -0.4 is 5.32 Å². The molecular formula is C11H23F2N. The summed E-state index contributed by atoms with van der Waals surface area (Å²) in [4.78, 5) is 0. The minimum absolute atomic E-state index is 0.0736. The Kier molecular flexibility index (Phi) is 8.05. The second-order valence-corrected chi connectivity index (χ2v) is 3.80. The number of alkyl halides is 2. The van der Waals surface area contributed by atoms with Gasteiger partial charge < -0.3 is 5.32 Å².